The van der Waals surface area contributed by atoms with Crippen molar-refractivity contribution in [3.05, 3.63) is 23.8 Å². The predicted octanol–water partition coefficient (Wildman–Crippen LogP) is 2.81. The van der Waals surface area contributed by atoms with Crippen molar-refractivity contribution in [1.29, 1.82) is 0 Å². The molecule has 0 unspecified atom stereocenters. The molecule has 3 heteroatoms. The van der Waals surface area contributed by atoms with Gasteiger partial charge in [-0.2, -0.15) is 0 Å². The van der Waals surface area contributed by atoms with Gasteiger partial charge in [0.25, 0.3) is 0 Å². The summed E-state index contributed by atoms with van der Waals surface area (Å²) in [5.74, 6) is 0. The first kappa shape index (κ1) is 12.8. The standard InChI is InChI=1S/C13H22N2O/c1-11-7-6-8-12(14)13(11)15-9-4-3-5-10-16-2/h6-8,15H,3-5,9-10,14H2,1-2H3. The molecule has 16 heavy (non-hydrogen) atoms. The number of nitrogens with one attached hydrogen (secondary N) is 1. The molecule has 3 N–H and O–H groups in total. The maximum Gasteiger partial charge on any atom is 0.0603 e. The molecule has 90 valence electrons. The molecule has 0 saturated heterocycles. The number of hydrogen-bond acceptors (Lipinski definition) is 3. The summed E-state index contributed by atoms with van der Waals surface area (Å²) in [5.41, 5.74) is 9.02. The van der Waals surface area contributed by atoms with Gasteiger partial charge >= 0.3 is 0 Å². The molecule has 0 radical (unpaired) electrons. The molecule has 0 atom stereocenters. The molecule has 0 heterocycles. The van der Waals surface area contributed by atoms with Crippen molar-refractivity contribution in [1.82, 2.24) is 0 Å². The molecule has 0 fully saturated rings. The lowest BCUT2D eigenvalue weighted by atomic mass is 10.1. The van der Waals surface area contributed by atoms with Gasteiger partial charge in [0.05, 0.1) is 11.4 Å². The Morgan fingerprint density at radius 2 is 2.06 bits per heavy atom. The fourth-order valence-electron chi connectivity index (χ4n) is 1.69. The Hall–Kier alpha value is -1.22. The fourth-order valence-corrected chi connectivity index (χ4v) is 1.69. The molecule has 1 aromatic rings. The van der Waals surface area contributed by atoms with E-state index in [4.69, 9.17) is 10.5 Å². The summed E-state index contributed by atoms with van der Waals surface area (Å²) in [7, 11) is 1.74. The third-order valence-electron chi connectivity index (χ3n) is 2.63. The summed E-state index contributed by atoms with van der Waals surface area (Å²) in [6.07, 6.45) is 3.46. The Bertz CT molecular complexity index is 293. The van der Waals surface area contributed by atoms with E-state index in [1.165, 1.54) is 12.0 Å². The van der Waals surface area contributed by atoms with Gasteiger partial charge in [0.15, 0.2) is 0 Å². The van der Waals surface area contributed by atoms with Crippen molar-refractivity contribution in [3.8, 4) is 0 Å². The average molecular weight is 222 g/mol. The Morgan fingerprint density at radius 3 is 2.75 bits per heavy atom. The van der Waals surface area contributed by atoms with Crippen molar-refractivity contribution >= 4 is 11.4 Å². The summed E-state index contributed by atoms with van der Waals surface area (Å²) in [6.45, 7) is 3.90. The lowest BCUT2D eigenvalue weighted by Gasteiger charge is -2.11. The van der Waals surface area contributed by atoms with Crippen LogP contribution >= 0.6 is 0 Å². The first-order valence-electron chi connectivity index (χ1n) is 5.83. The zero-order valence-corrected chi connectivity index (χ0v) is 10.3. The number of benzene rings is 1. The fraction of sp³-hybridized carbons (Fsp3) is 0.538. The maximum atomic E-state index is 5.90. The van der Waals surface area contributed by atoms with Crippen LogP contribution in [-0.4, -0.2) is 20.3 Å². The molecule has 0 aliphatic rings. The van der Waals surface area contributed by atoms with Crippen LogP contribution in [0.2, 0.25) is 0 Å². The highest BCUT2D eigenvalue weighted by Crippen LogP contribution is 2.22. The number of methoxy groups -OCH3 is 1. The highest BCUT2D eigenvalue weighted by atomic mass is 16.5. The third kappa shape index (κ3) is 4.11. The molecular weight excluding hydrogens is 200 g/mol. The molecule has 3 nitrogen and oxygen atoms in total. The number of anilines is 2. The van der Waals surface area contributed by atoms with Gasteiger partial charge in [-0.05, 0) is 37.8 Å². The van der Waals surface area contributed by atoms with E-state index >= 15 is 0 Å². The lowest BCUT2D eigenvalue weighted by Crippen LogP contribution is -2.06. The maximum absolute atomic E-state index is 5.90. The van der Waals surface area contributed by atoms with Crippen LogP contribution < -0.4 is 11.1 Å². The van der Waals surface area contributed by atoms with Gasteiger partial charge in [0.1, 0.15) is 0 Å². The zero-order valence-electron chi connectivity index (χ0n) is 10.3. The SMILES string of the molecule is COCCCCCNc1c(C)cccc1N. The van der Waals surface area contributed by atoms with Crippen LogP contribution in [-0.2, 0) is 4.74 Å². The van der Waals surface area contributed by atoms with Crippen molar-refractivity contribution in [2.75, 3.05) is 31.3 Å². The number of nitrogen functional groups attached to an aromatic ring is 1. The molecule has 0 saturated carbocycles. The van der Waals surface area contributed by atoms with Gasteiger partial charge in [-0.15, -0.1) is 0 Å². The normalized spacial score (nSPS) is 10.4. The van der Waals surface area contributed by atoms with Gasteiger partial charge in [-0.25, -0.2) is 0 Å². The van der Waals surface area contributed by atoms with E-state index < -0.39 is 0 Å². The lowest BCUT2D eigenvalue weighted by molar-refractivity contribution is 0.192. The zero-order chi connectivity index (χ0) is 11.8. The van der Waals surface area contributed by atoms with Crippen LogP contribution in [0.15, 0.2) is 18.2 Å². The summed E-state index contributed by atoms with van der Waals surface area (Å²) >= 11 is 0. The molecule has 0 aromatic heterocycles. The van der Waals surface area contributed by atoms with Gasteiger partial charge in [0, 0.05) is 20.3 Å². The number of ether oxygens (including phenoxy) is 1. The summed E-state index contributed by atoms with van der Waals surface area (Å²) < 4.78 is 5.00. The second kappa shape index (κ2) is 7.12. The number of para-hydroxylation sites is 1. The van der Waals surface area contributed by atoms with Crippen LogP contribution in [0, 0.1) is 6.92 Å². The van der Waals surface area contributed by atoms with Crippen molar-refractivity contribution < 1.29 is 4.74 Å². The van der Waals surface area contributed by atoms with E-state index in [0.717, 1.165) is 37.4 Å². The van der Waals surface area contributed by atoms with Gasteiger partial charge in [0.2, 0.25) is 0 Å². The van der Waals surface area contributed by atoms with Crippen LogP contribution in [0.25, 0.3) is 0 Å². The first-order chi connectivity index (χ1) is 7.75. The molecule has 0 aliphatic heterocycles. The largest absolute Gasteiger partial charge is 0.397 e. The number of hydrogen-bond donors (Lipinski definition) is 2. The highest BCUT2D eigenvalue weighted by molar-refractivity contribution is 5.69. The van der Waals surface area contributed by atoms with E-state index in [0.29, 0.717) is 0 Å². The molecule has 0 bridgehead atoms. The topological polar surface area (TPSA) is 47.3 Å². The van der Waals surface area contributed by atoms with Crippen molar-refractivity contribution in [2.45, 2.75) is 26.2 Å². The molecular formula is C13H22N2O. The van der Waals surface area contributed by atoms with Crippen LogP contribution in [0.1, 0.15) is 24.8 Å². The van der Waals surface area contributed by atoms with E-state index in [9.17, 15) is 0 Å². The number of rotatable bonds is 7. The van der Waals surface area contributed by atoms with Gasteiger partial charge < -0.3 is 15.8 Å². The quantitative estimate of drug-likeness (QED) is 0.551. The van der Waals surface area contributed by atoms with Gasteiger partial charge in [-0.1, -0.05) is 12.1 Å². The third-order valence-corrected chi connectivity index (χ3v) is 2.63. The second-order valence-electron chi connectivity index (χ2n) is 4.02. The minimum absolute atomic E-state index is 0.830. The molecule has 1 rings (SSSR count). The van der Waals surface area contributed by atoms with Crippen LogP contribution in [0.5, 0.6) is 0 Å². The molecule has 0 amide bonds. The number of aryl methyl sites for hydroxylation is 1. The summed E-state index contributed by atoms with van der Waals surface area (Å²) in [5, 5.41) is 3.39. The average Bonchev–Trinajstić information content (AvgIpc) is 2.26. The van der Waals surface area contributed by atoms with E-state index in [1.54, 1.807) is 7.11 Å². The summed E-state index contributed by atoms with van der Waals surface area (Å²) in [6, 6.07) is 5.98. The predicted molar refractivity (Wildman–Crippen MR) is 69.8 cm³/mol. The Labute approximate surface area is 98.0 Å². The molecule has 1 aromatic carbocycles. The highest BCUT2D eigenvalue weighted by Gasteiger charge is 2.00. The number of unbranched alkanes of at least 4 members (excludes halogenated alkanes) is 2. The Kier molecular flexibility index (Phi) is 5.72. The van der Waals surface area contributed by atoms with Crippen LogP contribution in [0.4, 0.5) is 11.4 Å². The molecule has 0 aliphatic carbocycles. The Morgan fingerprint density at radius 1 is 1.25 bits per heavy atom. The van der Waals surface area contributed by atoms with Gasteiger partial charge in [-0.3, -0.25) is 0 Å². The smallest absolute Gasteiger partial charge is 0.0603 e. The van der Waals surface area contributed by atoms with E-state index in [-0.39, 0.29) is 0 Å². The minimum Gasteiger partial charge on any atom is -0.397 e. The minimum atomic E-state index is 0.830. The number of nitrogens with two attached hydrogens (primary N) is 1. The first-order valence-corrected chi connectivity index (χ1v) is 5.83. The second-order valence-corrected chi connectivity index (χ2v) is 4.02. The Balaban J connectivity index is 2.26. The monoisotopic (exact) mass is 222 g/mol. The molecule has 0 spiro atoms. The van der Waals surface area contributed by atoms with Crippen molar-refractivity contribution in [3.63, 3.8) is 0 Å². The van der Waals surface area contributed by atoms with Crippen LogP contribution in [0.3, 0.4) is 0 Å². The summed E-state index contributed by atoms with van der Waals surface area (Å²) in [4.78, 5) is 0. The van der Waals surface area contributed by atoms with E-state index in [2.05, 4.69) is 18.3 Å². The van der Waals surface area contributed by atoms with E-state index in [1.807, 2.05) is 12.1 Å². The van der Waals surface area contributed by atoms with Crippen molar-refractivity contribution in [2.24, 2.45) is 0 Å².